The molecule has 96 heavy (non-hydrogen) atoms. The molecule has 8 aromatic heterocycles. The van der Waals surface area contributed by atoms with Gasteiger partial charge in [0, 0.05) is 110 Å². The molecule has 0 atom stereocenters. The number of rotatable bonds is 43. The fourth-order valence-electron chi connectivity index (χ4n) is 16.2. The molecule has 0 aliphatic heterocycles. The molecule has 514 valence electrons. The lowest BCUT2D eigenvalue weighted by Crippen LogP contribution is -1.97. The van der Waals surface area contributed by atoms with Crippen molar-refractivity contribution in [1.82, 2.24) is 0 Å². The minimum Gasteiger partial charge on any atom is -0.143 e. The van der Waals surface area contributed by atoms with Gasteiger partial charge in [-0.1, -0.05) is 209 Å². The van der Waals surface area contributed by atoms with Crippen molar-refractivity contribution in [2.24, 2.45) is 0 Å². The summed E-state index contributed by atoms with van der Waals surface area (Å²) in [7, 11) is 0. The van der Waals surface area contributed by atoms with Crippen LogP contribution in [0.3, 0.4) is 0 Å². The maximum Gasteiger partial charge on any atom is 0.0455 e. The second kappa shape index (κ2) is 35.9. The summed E-state index contributed by atoms with van der Waals surface area (Å²) in [4.78, 5) is 8.94. The Morgan fingerprint density at radius 3 is 0.531 bits per heavy atom. The predicted octanol–water partition coefficient (Wildman–Crippen LogP) is 33.4. The lowest BCUT2D eigenvalue weighted by atomic mass is 9.93. The highest BCUT2D eigenvalue weighted by molar-refractivity contribution is 7.31. The molecule has 12 rings (SSSR count). The van der Waals surface area contributed by atoms with Crippen molar-refractivity contribution in [3.8, 4) is 29.3 Å². The Morgan fingerprint density at radius 1 is 0.188 bits per heavy atom. The molecule has 8 heteroatoms. The molecule has 0 nitrogen and oxygen atoms in total. The number of benzene rings is 4. The molecule has 8 heterocycles. The Hall–Kier alpha value is -3.44. The van der Waals surface area contributed by atoms with E-state index < -0.39 is 0 Å². The second-order valence-electron chi connectivity index (χ2n) is 28.8. The Morgan fingerprint density at radius 2 is 0.354 bits per heavy atom. The summed E-state index contributed by atoms with van der Waals surface area (Å²) >= 11 is 17.0. The van der Waals surface area contributed by atoms with Crippen LogP contribution in [0.4, 0.5) is 0 Å². The summed E-state index contributed by atoms with van der Waals surface area (Å²) in [5.74, 6) is 0. The van der Waals surface area contributed by atoms with E-state index in [1.807, 2.05) is 22.7 Å². The molecular weight excluding hydrogens is 1310 g/mol. The minimum absolute atomic E-state index is 1.19. The van der Waals surface area contributed by atoms with Crippen LogP contribution in [0.15, 0.2) is 59.3 Å². The number of aryl methyl sites for hydroxylation is 8. The first-order chi connectivity index (χ1) is 47.4. The van der Waals surface area contributed by atoms with Crippen LogP contribution in [0.5, 0.6) is 0 Å². The summed E-state index contributed by atoms with van der Waals surface area (Å²) in [6.45, 7) is 19.0. The van der Waals surface area contributed by atoms with Gasteiger partial charge in [0.25, 0.3) is 0 Å². The molecule has 0 saturated heterocycles. The quantitative estimate of drug-likeness (QED) is 0.0334. The van der Waals surface area contributed by atoms with Gasteiger partial charge in [0.05, 0.1) is 0 Å². The van der Waals surface area contributed by atoms with E-state index in [0.29, 0.717) is 0 Å². The Labute approximate surface area is 611 Å². The third-order valence-electron chi connectivity index (χ3n) is 21.5. The largest absolute Gasteiger partial charge is 0.143 e. The lowest BCUT2D eigenvalue weighted by molar-refractivity contribution is 0.654. The van der Waals surface area contributed by atoms with E-state index in [2.05, 4.69) is 183 Å². The second-order valence-corrected chi connectivity index (χ2v) is 36.9. The molecule has 0 N–H and O–H groups in total. The van der Waals surface area contributed by atoms with Crippen LogP contribution in [0, 0.1) is 0 Å². The van der Waals surface area contributed by atoms with Gasteiger partial charge in [-0.3, -0.25) is 0 Å². The molecule has 0 amide bonds. The number of thiophene rings is 8. The van der Waals surface area contributed by atoms with Gasteiger partial charge < -0.3 is 0 Å². The Kier molecular flexibility index (Phi) is 27.1. The Bertz CT molecular complexity index is 4160. The van der Waals surface area contributed by atoms with Crippen LogP contribution in [0.25, 0.3) is 110 Å². The molecule has 0 bridgehead atoms. The van der Waals surface area contributed by atoms with Crippen LogP contribution in [0.2, 0.25) is 0 Å². The van der Waals surface area contributed by atoms with Crippen LogP contribution >= 0.6 is 90.7 Å². The molecule has 0 saturated carbocycles. The van der Waals surface area contributed by atoms with Crippen molar-refractivity contribution in [1.29, 1.82) is 0 Å². The van der Waals surface area contributed by atoms with Gasteiger partial charge in [0.2, 0.25) is 0 Å². The monoisotopic (exact) mass is 1430 g/mol. The third-order valence-corrected chi connectivity index (χ3v) is 31.2. The van der Waals surface area contributed by atoms with E-state index in [1.54, 1.807) is 82.1 Å². The van der Waals surface area contributed by atoms with Gasteiger partial charge in [-0.2, -0.15) is 0 Å². The summed E-state index contributed by atoms with van der Waals surface area (Å²) < 4.78 is 12.7. The van der Waals surface area contributed by atoms with Crippen molar-refractivity contribution in [3.63, 3.8) is 0 Å². The van der Waals surface area contributed by atoms with E-state index in [9.17, 15) is 0 Å². The molecule has 0 radical (unpaired) electrons. The highest BCUT2D eigenvalue weighted by Gasteiger charge is 2.27. The van der Waals surface area contributed by atoms with Crippen molar-refractivity contribution in [2.45, 2.75) is 312 Å². The molecule has 0 unspecified atom stereocenters. The molecule has 0 aliphatic carbocycles. The predicted molar refractivity (Wildman–Crippen MR) is 449 cm³/mol. The van der Waals surface area contributed by atoms with Crippen LogP contribution in [-0.2, 0) is 51.4 Å². The SMILES string of the molecule is CCCCCCc1c(CCCCCC)c2sc(-c3cc4c(s3)c(CCCCCC)c(CCCCCC)c3sc(-c5cc6c(s5)c(CCCCCC)c(CCCCCC)c5sc(-c7cc8c(s7)c(CCCCCC)c(CCCCCC)c7sccc78)cc56)cc34)cc2c2ccsc12. The topological polar surface area (TPSA) is 0 Å². The van der Waals surface area contributed by atoms with Crippen LogP contribution in [0.1, 0.15) is 305 Å². The van der Waals surface area contributed by atoms with Gasteiger partial charge in [-0.15, -0.1) is 90.7 Å². The Balaban J connectivity index is 1.03. The lowest BCUT2D eigenvalue weighted by Gasteiger charge is -2.14. The average Bonchev–Trinajstić information content (AvgIpc) is 1.57. The maximum atomic E-state index is 2.72. The summed E-state index contributed by atoms with van der Waals surface area (Å²) in [5, 5.41) is 17.0. The average molecular weight is 1430 g/mol. The van der Waals surface area contributed by atoms with Crippen molar-refractivity contribution in [3.05, 3.63) is 104 Å². The first-order valence-corrected chi connectivity index (χ1v) is 45.9. The van der Waals surface area contributed by atoms with E-state index in [0.717, 1.165) is 0 Å². The van der Waals surface area contributed by atoms with E-state index >= 15 is 0 Å². The molecule has 4 aromatic carbocycles. The summed E-state index contributed by atoms with van der Waals surface area (Å²) in [6, 6.07) is 21.1. The molecule has 12 aromatic rings. The highest BCUT2D eigenvalue weighted by Crippen LogP contribution is 2.55. The first kappa shape index (κ1) is 72.4. The zero-order chi connectivity index (χ0) is 66.3. The molecule has 0 spiro atoms. The third kappa shape index (κ3) is 16.1. The van der Waals surface area contributed by atoms with E-state index in [4.69, 9.17) is 0 Å². The zero-order valence-corrected chi connectivity index (χ0v) is 66.9. The van der Waals surface area contributed by atoms with Gasteiger partial charge >= 0.3 is 0 Å². The van der Waals surface area contributed by atoms with Crippen molar-refractivity contribution >= 4 is 171 Å². The summed E-state index contributed by atoms with van der Waals surface area (Å²) in [5.41, 5.74) is 13.5. The minimum atomic E-state index is 1.19. The highest BCUT2D eigenvalue weighted by atomic mass is 32.1. The fourth-order valence-corrected chi connectivity index (χ4v) is 26.0. The zero-order valence-electron chi connectivity index (χ0n) is 60.3. The molecule has 0 aliphatic rings. The normalized spacial score (nSPS) is 12.4. The van der Waals surface area contributed by atoms with Gasteiger partial charge in [0.15, 0.2) is 0 Å². The van der Waals surface area contributed by atoms with Gasteiger partial charge in [-0.05, 0) is 207 Å². The number of unbranched alkanes of at least 4 members (excludes halogenated alkanes) is 24. The smallest absolute Gasteiger partial charge is 0.0455 e. The van der Waals surface area contributed by atoms with Crippen molar-refractivity contribution in [2.75, 3.05) is 0 Å². The fraction of sp³-hybridized carbons (Fsp3) is 0.545. The standard InChI is InChI=1S/C88H114S8/c1-9-17-25-33-41-59-61(43-35-27-19-11-3)83-69(67-49-51-89-81(59)67)53-75(91-83)77-55-71-73-57-79(95-87(73)65(47-39-31-23-15-7)63(85(71)93-77)45-37-29-21-13-5)80-58-74-72-56-78(94-86(72)64(46-38-30-22-14-6)66(88(74)96-80)48-40-32-24-16-8)76-54-70-68-50-52-90-82(68)60(42-34-26-18-10-2)62(84(70)92-76)44-36-28-20-12-4/h49-58H,9-48H2,1-8H3. The van der Waals surface area contributed by atoms with Crippen molar-refractivity contribution < 1.29 is 0 Å². The molecule has 0 fully saturated rings. The number of fused-ring (bicyclic) bond motifs is 12. The van der Waals surface area contributed by atoms with Gasteiger partial charge in [-0.25, -0.2) is 0 Å². The van der Waals surface area contributed by atoms with E-state index in [-0.39, 0.29) is 0 Å². The van der Waals surface area contributed by atoms with Gasteiger partial charge in [0.1, 0.15) is 0 Å². The van der Waals surface area contributed by atoms with Crippen LogP contribution in [-0.4, -0.2) is 0 Å². The maximum absolute atomic E-state index is 2.72. The first-order valence-electron chi connectivity index (χ1n) is 39.3. The van der Waals surface area contributed by atoms with Crippen LogP contribution < -0.4 is 0 Å². The molecular formula is C88H114S8. The number of hydrogen-bond donors (Lipinski definition) is 0. The van der Waals surface area contributed by atoms with E-state index in [1.165, 1.54) is 329 Å². The summed E-state index contributed by atoms with van der Waals surface area (Å²) in [6.07, 6.45) is 51.4. The number of hydrogen-bond acceptors (Lipinski definition) is 8.